The molecule has 3 rings (SSSR count). The highest BCUT2D eigenvalue weighted by atomic mass is 19.2. The van der Waals surface area contributed by atoms with Gasteiger partial charge >= 0.3 is 0 Å². The highest BCUT2D eigenvalue weighted by molar-refractivity contribution is 5.80. The van der Waals surface area contributed by atoms with Crippen molar-refractivity contribution in [2.45, 2.75) is 13.5 Å². The molecule has 0 unspecified atom stereocenters. The van der Waals surface area contributed by atoms with Crippen molar-refractivity contribution < 1.29 is 18.3 Å². The van der Waals surface area contributed by atoms with Crippen molar-refractivity contribution >= 4 is 16.9 Å². The van der Waals surface area contributed by atoms with Crippen LogP contribution in [0.1, 0.15) is 5.56 Å². The average molecular weight is 345 g/mol. The summed E-state index contributed by atoms with van der Waals surface area (Å²) in [7, 11) is 0. The number of fused-ring (bicyclic) bond motifs is 1. The Morgan fingerprint density at radius 3 is 2.84 bits per heavy atom. The third kappa shape index (κ3) is 4.12. The van der Waals surface area contributed by atoms with Crippen LogP contribution in [0.2, 0.25) is 0 Å². The molecule has 0 bridgehead atoms. The van der Waals surface area contributed by atoms with E-state index in [1.54, 1.807) is 0 Å². The van der Waals surface area contributed by atoms with Gasteiger partial charge in [0.2, 0.25) is 5.91 Å². The summed E-state index contributed by atoms with van der Waals surface area (Å²) in [5, 5.41) is 2.72. The van der Waals surface area contributed by atoms with Gasteiger partial charge in [-0.05, 0) is 24.6 Å². The van der Waals surface area contributed by atoms with E-state index in [0.717, 1.165) is 23.4 Å². The number of rotatable bonds is 6. The lowest BCUT2D eigenvalue weighted by Crippen LogP contribution is -2.31. The van der Waals surface area contributed by atoms with Gasteiger partial charge in [-0.1, -0.05) is 12.1 Å². The molecule has 5 nitrogen and oxygen atoms in total. The largest absolute Gasteiger partial charge is 0.492 e. The first-order chi connectivity index (χ1) is 12.0. The van der Waals surface area contributed by atoms with Crippen molar-refractivity contribution in [1.82, 2.24) is 14.9 Å². The maximum Gasteiger partial charge on any atom is 0.240 e. The Bertz CT molecular complexity index is 908. The maximum atomic E-state index is 13.3. The van der Waals surface area contributed by atoms with Crippen LogP contribution < -0.4 is 10.1 Å². The Morgan fingerprint density at radius 1 is 1.24 bits per heavy atom. The van der Waals surface area contributed by atoms with E-state index in [2.05, 4.69) is 10.3 Å². The van der Waals surface area contributed by atoms with Crippen LogP contribution in [0.25, 0.3) is 11.0 Å². The molecule has 0 radical (unpaired) electrons. The normalized spacial score (nSPS) is 10.8. The van der Waals surface area contributed by atoms with Crippen LogP contribution in [0.15, 0.2) is 42.7 Å². The fraction of sp³-hybridized carbons (Fsp3) is 0.222. The average Bonchev–Trinajstić information content (AvgIpc) is 2.94. The maximum absolute atomic E-state index is 13.3. The third-order valence-corrected chi connectivity index (χ3v) is 3.66. The van der Waals surface area contributed by atoms with E-state index in [4.69, 9.17) is 4.74 Å². The van der Waals surface area contributed by atoms with Gasteiger partial charge in [-0.15, -0.1) is 0 Å². The fourth-order valence-corrected chi connectivity index (χ4v) is 2.45. The van der Waals surface area contributed by atoms with Crippen LogP contribution in [0.4, 0.5) is 8.78 Å². The number of hydrogen-bond acceptors (Lipinski definition) is 3. The summed E-state index contributed by atoms with van der Waals surface area (Å²) in [5.41, 5.74) is 1.76. The van der Waals surface area contributed by atoms with E-state index in [1.165, 1.54) is 10.9 Å². The Labute approximate surface area is 143 Å². The first-order valence-corrected chi connectivity index (χ1v) is 7.79. The van der Waals surface area contributed by atoms with Crippen LogP contribution in [-0.2, 0) is 11.3 Å². The topological polar surface area (TPSA) is 56.1 Å². The van der Waals surface area contributed by atoms with Crippen molar-refractivity contribution in [2.24, 2.45) is 0 Å². The minimum atomic E-state index is -0.971. The molecular formula is C18H17F2N3O2. The summed E-state index contributed by atoms with van der Waals surface area (Å²) in [6, 6.07) is 9.67. The van der Waals surface area contributed by atoms with Gasteiger partial charge in [-0.2, -0.15) is 0 Å². The number of hydrogen-bond donors (Lipinski definition) is 1. The van der Waals surface area contributed by atoms with E-state index in [0.29, 0.717) is 24.2 Å². The minimum absolute atomic E-state index is 0.0357. The smallest absolute Gasteiger partial charge is 0.240 e. The number of aromatic nitrogens is 2. The lowest BCUT2D eigenvalue weighted by Gasteiger charge is -2.09. The van der Waals surface area contributed by atoms with E-state index in [-0.39, 0.29) is 12.5 Å². The van der Waals surface area contributed by atoms with E-state index in [9.17, 15) is 13.6 Å². The van der Waals surface area contributed by atoms with Gasteiger partial charge in [0.25, 0.3) is 0 Å². The molecule has 1 aromatic heterocycles. The summed E-state index contributed by atoms with van der Waals surface area (Å²) in [5.74, 6) is -1.46. The summed E-state index contributed by atoms with van der Waals surface area (Å²) in [6.45, 7) is 2.60. The second-order valence-electron chi connectivity index (χ2n) is 5.64. The molecule has 0 fully saturated rings. The molecule has 1 amide bonds. The monoisotopic (exact) mass is 345 g/mol. The van der Waals surface area contributed by atoms with Gasteiger partial charge in [0, 0.05) is 12.1 Å². The van der Waals surface area contributed by atoms with Crippen molar-refractivity contribution in [3.05, 3.63) is 59.9 Å². The van der Waals surface area contributed by atoms with Gasteiger partial charge < -0.3 is 14.6 Å². The van der Waals surface area contributed by atoms with Gasteiger partial charge in [0.15, 0.2) is 11.6 Å². The molecule has 0 saturated heterocycles. The number of imidazole rings is 1. The first kappa shape index (κ1) is 16.9. The summed E-state index contributed by atoms with van der Waals surface area (Å²) in [6.07, 6.45) is 1.38. The molecule has 25 heavy (non-hydrogen) atoms. The highest BCUT2D eigenvalue weighted by Gasteiger charge is 2.11. The number of amides is 1. The zero-order valence-electron chi connectivity index (χ0n) is 13.6. The molecule has 0 spiro atoms. The number of carbonyl (C=O) groups excluding carboxylic acids is 1. The Balaban J connectivity index is 1.52. The predicted octanol–water partition coefficient (Wildman–Crippen LogP) is 2.82. The van der Waals surface area contributed by atoms with Gasteiger partial charge in [-0.3, -0.25) is 4.79 Å². The minimum Gasteiger partial charge on any atom is -0.492 e. The second kappa shape index (κ2) is 7.29. The Hall–Kier alpha value is -2.96. The molecule has 2 aromatic carbocycles. The van der Waals surface area contributed by atoms with Crippen LogP contribution in [-0.4, -0.2) is 28.6 Å². The van der Waals surface area contributed by atoms with Crippen LogP contribution in [0.3, 0.4) is 0 Å². The van der Waals surface area contributed by atoms with Gasteiger partial charge in [-0.25, -0.2) is 13.8 Å². The number of aryl methyl sites for hydroxylation is 1. The molecule has 1 N–H and O–H groups in total. The number of ether oxygens (including phenoxy) is 1. The fourth-order valence-electron chi connectivity index (χ4n) is 2.45. The molecule has 0 aliphatic heterocycles. The predicted molar refractivity (Wildman–Crippen MR) is 89.3 cm³/mol. The number of nitrogens with zero attached hydrogens (tertiary/aromatic N) is 2. The van der Waals surface area contributed by atoms with Crippen molar-refractivity contribution in [3.8, 4) is 5.75 Å². The van der Waals surface area contributed by atoms with Crippen LogP contribution >= 0.6 is 0 Å². The quantitative estimate of drug-likeness (QED) is 0.699. The molecule has 130 valence electrons. The molecule has 7 heteroatoms. The van der Waals surface area contributed by atoms with Crippen LogP contribution in [0.5, 0.6) is 5.75 Å². The van der Waals surface area contributed by atoms with E-state index in [1.807, 2.05) is 31.2 Å². The van der Waals surface area contributed by atoms with Gasteiger partial charge in [0.1, 0.15) is 18.9 Å². The van der Waals surface area contributed by atoms with Crippen molar-refractivity contribution in [2.75, 3.05) is 13.2 Å². The molecule has 0 saturated carbocycles. The van der Waals surface area contributed by atoms with E-state index < -0.39 is 11.6 Å². The molecular weight excluding hydrogens is 328 g/mol. The zero-order valence-corrected chi connectivity index (χ0v) is 13.6. The lowest BCUT2D eigenvalue weighted by molar-refractivity contribution is -0.121. The standard InChI is InChI=1S/C18H17F2N3O2/c1-12-3-2-4-13(7-12)25-6-5-21-18(24)10-23-11-22-16-8-14(19)15(20)9-17(16)23/h2-4,7-9,11H,5-6,10H2,1H3,(H,21,24). The Morgan fingerprint density at radius 2 is 2.04 bits per heavy atom. The zero-order chi connectivity index (χ0) is 17.8. The first-order valence-electron chi connectivity index (χ1n) is 7.79. The number of halogens is 2. The van der Waals surface area contributed by atoms with E-state index >= 15 is 0 Å². The number of nitrogens with one attached hydrogen (secondary N) is 1. The SMILES string of the molecule is Cc1cccc(OCCNC(=O)Cn2cnc3cc(F)c(F)cc32)c1. The molecule has 1 heterocycles. The summed E-state index contributed by atoms with van der Waals surface area (Å²) >= 11 is 0. The molecule has 0 aliphatic carbocycles. The van der Waals surface area contributed by atoms with Crippen molar-refractivity contribution in [3.63, 3.8) is 0 Å². The molecule has 0 aliphatic rings. The summed E-state index contributed by atoms with van der Waals surface area (Å²) in [4.78, 5) is 16.0. The number of carbonyl (C=O) groups is 1. The number of benzene rings is 2. The van der Waals surface area contributed by atoms with Crippen LogP contribution in [0, 0.1) is 18.6 Å². The summed E-state index contributed by atoms with van der Waals surface area (Å²) < 4.78 is 33.5. The second-order valence-corrected chi connectivity index (χ2v) is 5.64. The third-order valence-electron chi connectivity index (χ3n) is 3.66. The van der Waals surface area contributed by atoms with Gasteiger partial charge in [0.05, 0.1) is 23.9 Å². The highest BCUT2D eigenvalue weighted by Crippen LogP contribution is 2.17. The van der Waals surface area contributed by atoms with Crippen molar-refractivity contribution in [1.29, 1.82) is 0 Å². The molecule has 0 atom stereocenters. The molecule has 3 aromatic rings. The lowest BCUT2D eigenvalue weighted by atomic mass is 10.2. The Kier molecular flexibility index (Phi) is 4.92.